The number of hydrogen-bond acceptors (Lipinski definition) is 6. The fraction of sp³-hybridized carbons (Fsp3) is 0.545. The van der Waals surface area contributed by atoms with Gasteiger partial charge in [-0.3, -0.25) is 9.59 Å². The van der Waals surface area contributed by atoms with E-state index in [-0.39, 0.29) is 54.5 Å². The molecule has 2 bridgehead atoms. The van der Waals surface area contributed by atoms with E-state index in [1.807, 2.05) is 6.07 Å². The van der Waals surface area contributed by atoms with Gasteiger partial charge < -0.3 is 9.47 Å². The molecule has 31 heavy (non-hydrogen) atoms. The van der Waals surface area contributed by atoms with Crippen molar-refractivity contribution in [1.29, 1.82) is 0 Å². The molecule has 0 saturated heterocycles. The molecule has 0 spiro atoms. The molecule has 160 valence electrons. The van der Waals surface area contributed by atoms with Crippen molar-refractivity contribution in [3.05, 3.63) is 51.3 Å². The van der Waals surface area contributed by atoms with Gasteiger partial charge in [0.05, 0.1) is 17.8 Å². The van der Waals surface area contributed by atoms with Crippen molar-refractivity contribution in [1.82, 2.24) is 13.9 Å². The van der Waals surface area contributed by atoms with Crippen LogP contribution in [0.1, 0.15) is 25.9 Å². The van der Waals surface area contributed by atoms with E-state index in [0.717, 1.165) is 0 Å². The number of carbonyl (C=O) groups is 2. The largest absolute Gasteiger partial charge is 0.465 e. The summed E-state index contributed by atoms with van der Waals surface area (Å²) in [4.78, 5) is 50.4. The smallest absolute Gasteiger partial charge is 0.352 e. The summed E-state index contributed by atoms with van der Waals surface area (Å²) in [6.07, 6.45) is 0. The molecule has 9 heteroatoms. The van der Waals surface area contributed by atoms with Gasteiger partial charge in [0.15, 0.2) is 0 Å². The SMILES string of the molecule is CC(=O)OC[C@]12C3C4[C@@H]5[C@H]4[C@H](n4c(=O)n(-c6ccccc6)c(=O)n4[C@@H]51)[C@]32COC(C)=O. The Morgan fingerprint density at radius 1 is 0.839 bits per heavy atom. The molecule has 4 saturated carbocycles. The highest BCUT2D eigenvalue weighted by molar-refractivity contribution is 5.67. The first kappa shape index (κ1) is 17.6. The van der Waals surface area contributed by atoms with Crippen LogP contribution >= 0.6 is 0 Å². The van der Waals surface area contributed by atoms with Gasteiger partial charge in [0.1, 0.15) is 13.2 Å². The van der Waals surface area contributed by atoms with Crippen LogP contribution < -0.4 is 11.4 Å². The number of para-hydroxylation sites is 1. The fourth-order valence-corrected chi connectivity index (χ4v) is 8.25. The molecule has 2 aliphatic heterocycles. The lowest BCUT2D eigenvalue weighted by Gasteiger charge is -2.47. The lowest BCUT2D eigenvalue weighted by molar-refractivity contribution is -0.153. The van der Waals surface area contributed by atoms with Crippen LogP contribution in [0.25, 0.3) is 5.69 Å². The standard InChI is InChI=1S/C22H21N3O6/c1-10(26)30-8-21-16-13-14-15(13)18(22(16,21)9-31-11(2)27)25-20(29)23(12-6-4-3-5-7-12)19(28)24(25)17(14)21/h3-7,13-18H,8-9H2,1-2H3/t13?,14-,15+,16?,17-,18-,21-,22-/m0/s1. The van der Waals surface area contributed by atoms with Crippen molar-refractivity contribution in [3.63, 3.8) is 0 Å². The van der Waals surface area contributed by atoms with Crippen molar-refractivity contribution in [2.75, 3.05) is 13.2 Å². The van der Waals surface area contributed by atoms with E-state index in [9.17, 15) is 19.2 Å². The number of aromatic nitrogens is 3. The number of hydrogen-bond donors (Lipinski definition) is 0. The van der Waals surface area contributed by atoms with Gasteiger partial charge in [-0.05, 0) is 35.8 Å². The Bertz CT molecular complexity index is 1230. The summed E-state index contributed by atoms with van der Waals surface area (Å²) >= 11 is 0. The Kier molecular flexibility index (Phi) is 2.85. The molecule has 1 aromatic carbocycles. The lowest BCUT2D eigenvalue weighted by atomic mass is 9.72. The summed E-state index contributed by atoms with van der Waals surface area (Å²) in [6.45, 7) is 3.12. The number of esters is 2. The van der Waals surface area contributed by atoms with Crippen LogP contribution in [0.3, 0.4) is 0 Å². The molecule has 0 N–H and O–H groups in total. The second-order valence-corrected chi connectivity index (χ2v) is 9.67. The monoisotopic (exact) mass is 423 g/mol. The van der Waals surface area contributed by atoms with Crippen molar-refractivity contribution in [2.24, 2.45) is 34.5 Å². The van der Waals surface area contributed by atoms with Gasteiger partial charge >= 0.3 is 23.3 Å². The van der Waals surface area contributed by atoms with Crippen molar-refractivity contribution in [3.8, 4) is 5.69 Å². The second-order valence-electron chi connectivity index (χ2n) is 9.67. The molecule has 2 aromatic rings. The van der Waals surface area contributed by atoms with Crippen LogP contribution in [-0.2, 0) is 19.1 Å². The van der Waals surface area contributed by atoms with Gasteiger partial charge in [-0.25, -0.2) is 23.5 Å². The van der Waals surface area contributed by atoms with Gasteiger partial charge in [0, 0.05) is 24.7 Å². The van der Waals surface area contributed by atoms with Gasteiger partial charge in [-0.15, -0.1) is 0 Å². The third-order valence-electron chi connectivity index (χ3n) is 8.83. The lowest BCUT2D eigenvalue weighted by Crippen LogP contribution is -2.55. The van der Waals surface area contributed by atoms with Crippen LogP contribution in [0.15, 0.2) is 39.9 Å². The Morgan fingerprint density at radius 3 is 1.77 bits per heavy atom. The minimum absolute atomic E-state index is 0.187. The molecule has 8 atom stereocenters. The van der Waals surface area contributed by atoms with Gasteiger partial charge in [-0.1, -0.05) is 18.2 Å². The third-order valence-corrected chi connectivity index (χ3v) is 8.83. The first-order chi connectivity index (χ1) is 14.9. The van der Waals surface area contributed by atoms with Crippen molar-refractivity contribution < 1.29 is 19.1 Å². The maximum atomic E-state index is 13.5. The molecule has 3 heterocycles. The second kappa shape index (κ2) is 5.03. The normalized spacial score (nSPS) is 41.0. The summed E-state index contributed by atoms with van der Waals surface area (Å²) in [5, 5.41) is 0. The molecule has 0 radical (unpaired) electrons. The first-order valence-electron chi connectivity index (χ1n) is 10.7. The maximum absolute atomic E-state index is 13.5. The quantitative estimate of drug-likeness (QED) is 0.650. The predicted octanol–water partition coefficient (Wildman–Crippen LogP) is 0.515. The van der Waals surface area contributed by atoms with E-state index >= 15 is 0 Å². The molecule has 6 aliphatic rings. The summed E-state index contributed by atoms with van der Waals surface area (Å²) in [7, 11) is 0. The Morgan fingerprint density at radius 2 is 1.32 bits per heavy atom. The van der Waals surface area contributed by atoms with Gasteiger partial charge in [0.2, 0.25) is 0 Å². The minimum atomic E-state index is -0.456. The Balaban J connectivity index is 1.44. The molecule has 0 amide bonds. The molecule has 9 nitrogen and oxygen atoms in total. The van der Waals surface area contributed by atoms with Crippen LogP contribution in [-0.4, -0.2) is 39.1 Å². The van der Waals surface area contributed by atoms with Crippen LogP contribution in [0.5, 0.6) is 0 Å². The first-order valence-corrected chi connectivity index (χ1v) is 10.7. The zero-order valence-corrected chi connectivity index (χ0v) is 17.1. The summed E-state index contributed by atoms with van der Waals surface area (Å²) in [6, 6.07) is 8.46. The van der Waals surface area contributed by atoms with Crippen molar-refractivity contribution >= 4 is 11.9 Å². The summed E-state index contributed by atoms with van der Waals surface area (Å²) < 4.78 is 15.5. The molecular weight excluding hydrogens is 402 g/mol. The van der Waals surface area contributed by atoms with Gasteiger partial charge in [-0.2, -0.15) is 0 Å². The molecule has 4 aliphatic carbocycles. The van der Waals surface area contributed by atoms with E-state index in [4.69, 9.17) is 9.47 Å². The maximum Gasteiger partial charge on any atom is 0.352 e. The highest BCUT2D eigenvalue weighted by Gasteiger charge is 3.04. The minimum Gasteiger partial charge on any atom is -0.465 e. The summed E-state index contributed by atoms with van der Waals surface area (Å²) in [5.74, 6) is 0.461. The van der Waals surface area contributed by atoms with E-state index in [1.54, 1.807) is 33.6 Å². The predicted molar refractivity (Wildman–Crippen MR) is 104 cm³/mol. The van der Waals surface area contributed by atoms with Crippen LogP contribution in [0.2, 0.25) is 0 Å². The Labute approximate surface area is 176 Å². The molecule has 2 unspecified atom stereocenters. The van der Waals surface area contributed by atoms with Gasteiger partial charge in [0.25, 0.3) is 0 Å². The van der Waals surface area contributed by atoms with E-state index in [2.05, 4.69) is 0 Å². The zero-order valence-electron chi connectivity index (χ0n) is 17.1. The molecular formula is C22H21N3O6. The number of nitrogens with zero attached hydrogens (tertiary/aromatic N) is 3. The Hall–Kier alpha value is -3.10. The summed E-state index contributed by atoms with van der Waals surface area (Å²) in [5.41, 5.74) is -1.09. The highest BCUT2D eigenvalue weighted by atomic mass is 16.5. The van der Waals surface area contributed by atoms with Crippen molar-refractivity contribution in [2.45, 2.75) is 25.9 Å². The number of carbonyl (C=O) groups excluding carboxylic acids is 2. The average Bonchev–Trinajstić information content (AvgIpc) is 3.49. The molecule has 4 fully saturated rings. The van der Waals surface area contributed by atoms with E-state index in [1.165, 1.54) is 18.4 Å². The average molecular weight is 423 g/mol. The topological polar surface area (TPSA) is 102 Å². The van der Waals surface area contributed by atoms with Crippen LogP contribution in [0.4, 0.5) is 0 Å². The molecule has 1 aromatic heterocycles. The zero-order chi connectivity index (χ0) is 21.4. The number of ether oxygens (including phenoxy) is 2. The highest BCUT2D eigenvalue weighted by Crippen LogP contribution is 3.02. The van der Waals surface area contributed by atoms with Crippen LogP contribution in [0, 0.1) is 34.5 Å². The third kappa shape index (κ3) is 1.61. The molecule has 8 rings (SSSR count). The fourth-order valence-electron chi connectivity index (χ4n) is 8.25. The number of rotatable bonds is 5. The van der Waals surface area contributed by atoms with E-state index < -0.39 is 10.8 Å². The van der Waals surface area contributed by atoms with E-state index in [0.29, 0.717) is 23.4 Å². The number of benzene rings is 1.